The van der Waals surface area contributed by atoms with Crippen molar-refractivity contribution in [3.63, 3.8) is 0 Å². The molecule has 2 rings (SSSR count). The van der Waals surface area contributed by atoms with Crippen LogP contribution in [0.25, 0.3) is 0 Å². The lowest BCUT2D eigenvalue weighted by molar-refractivity contribution is -0.146. The van der Waals surface area contributed by atoms with Crippen molar-refractivity contribution < 1.29 is 33.8 Å². The fourth-order valence-electron chi connectivity index (χ4n) is 5.87. The number of carboxylic acids is 1. The summed E-state index contributed by atoms with van der Waals surface area (Å²) in [6.45, 7) is 6.38. The number of hydrogen-bond acceptors (Lipinski definition) is 6. The number of carbonyl (C=O) groups is 4. The van der Waals surface area contributed by atoms with E-state index in [1.165, 1.54) is 7.11 Å². The van der Waals surface area contributed by atoms with Gasteiger partial charge in [-0.2, -0.15) is 0 Å². The standard InChI is InChI=1S/C30H46N2O7/c1-7-20(2)28(31(4)19-33)26(38-5)18-27(35)32-15-11-14-24(32)29(39-6)21(3)25(34)17-23(30(36)37)16-22-12-9-8-10-13-22/h8-10,12-13,19-21,23-24,26,28-29H,7,11,14-18H2,1-6H3,(H,36,37)/t20-,21-,23+,24-,26+,28?,29+/m0/s1. The molecule has 1 aliphatic heterocycles. The maximum absolute atomic E-state index is 13.6. The van der Waals surface area contributed by atoms with Crippen LogP contribution in [0.4, 0.5) is 0 Å². The monoisotopic (exact) mass is 546 g/mol. The smallest absolute Gasteiger partial charge is 0.307 e. The number of amides is 2. The highest BCUT2D eigenvalue weighted by atomic mass is 16.5. The minimum Gasteiger partial charge on any atom is -0.481 e. The Morgan fingerprint density at radius 2 is 1.79 bits per heavy atom. The average Bonchev–Trinajstić information content (AvgIpc) is 3.42. The van der Waals surface area contributed by atoms with Crippen molar-refractivity contribution in [2.45, 2.75) is 83.6 Å². The first-order chi connectivity index (χ1) is 18.6. The molecule has 39 heavy (non-hydrogen) atoms. The molecule has 1 heterocycles. The lowest BCUT2D eigenvalue weighted by Crippen LogP contribution is -2.51. The Balaban J connectivity index is 2.14. The van der Waals surface area contributed by atoms with Crippen molar-refractivity contribution >= 4 is 24.1 Å². The second-order valence-electron chi connectivity index (χ2n) is 10.8. The highest BCUT2D eigenvalue weighted by Gasteiger charge is 2.41. The van der Waals surface area contributed by atoms with Gasteiger partial charge in [0.15, 0.2) is 0 Å². The van der Waals surface area contributed by atoms with Crippen molar-refractivity contribution in [3.8, 4) is 0 Å². The molecule has 1 aromatic carbocycles. The number of likely N-dealkylation sites (N-methyl/N-ethyl adjacent to an activating group) is 1. The normalized spacial score (nSPS) is 19.9. The molecule has 9 heteroatoms. The molecule has 1 unspecified atom stereocenters. The maximum atomic E-state index is 13.6. The first-order valence-corrected chi connectivity index (χ1v) is 13.9. The highest BCUT2D eigenvalue weighted by molar-refractivity contribution is 5.86. The van der Waals surface area contributed by atoms with E-state index in [0.717, 1.165) is 24.8 Å². The number of aliphatic carboxylic acids is 1. The molecule has 218 valence electrons. The molecule has 1 fully saturated rings. The van der Waals surface area contributed by atoms with Gasteiger partial charge in [-0.3, -0.25) is 19.2 Å². The Hall–Kier alpha value is -2.78. The van der Waals surface area contributed by atoms with E-state index in [1.807, 2.05) is 44.2 Å². The van der Waals surface area contributed by atoms with Crippen molar-refractivity contribution in [2.75, 3.05) is 27.8 Å². The Labute approximate surface area is 232 Å². The summed E-state index contributed by atoms with van der Waals surface area (Å²) in [7, 11) is 4.79. The number of carbonyl (C=O) groups excluding carboxylic acids is 3. The van der Waals surface area contributed by atoms with Crippen LogP contribution in [0.15, 0.2) is 30.3 Å². The SMILES string of the molecule is CC[C@H](C)C([C@@H](CC(=O)N1CCC[C@H]1[C@H](OC)[C@@H](C)C(=O)C[C@@H](Cc1ccccc1)C(=O)O)OC)N(C)C=O. The molecular weight excluding hydrogens is 500 g/mol. The second-order valence-corrected chi connectivity index (χ2v) is 10.8. The summed E-state index contributed by atoms with van der Waals surface area (Å²) in [5.74, 6) is -2.59. The molecule has 9 nitrogen and oxygen atoms in total. The number of likely N-dealkylation sites (tertiary alicyclic amines) is 1. The van der Waals surface area contributed by atoms with Crippen LogP contribution in [0.3, 0.4) is 0 Å². The van der Waals surface area contributed by atoms with Crippen LogP contribution < -0.4 is 0 Å². The summed E-state index contributed by atoms with van der Waals surface area (Å²) >= 11 is 0. The molecule has 0 saturated carbocycles. The third-order valence-corrected chi connectivity index (χ3v) is 8.32. The van der Waals surface area contributed by atoms with Gasteiger partial charge in [-0.25, -0.2) is 0 Å². The topological polar surface area (TPSA) is 113 Å². The molecule has 0 aromatic heterocycles. The van der Waals surface area contributed by atoms with Crippen LogP contribution >= 0.6 is 0 Å². The first-order valence-electron chi connectivity index (χ1n) is 13.9. The zero-order valence-electron chi connectivity index (χ0n) is 24.2. The number of carboxylic acid groups (broad SMARTS) is 1. The number of ketones is 1. The van der Waals surface area contributed by atoms with Gasteiger partial charge in [0.1, 0.15) is 5.78 Å². The molecule has 0 bridgehead atoms. The molecule has 0 aliphatic carbocycles. The quantitative estimate of drug-likeness (QED) is 0.298. The lowest BCUT2D eigenvalue weighted by Gasteiger charge is -2.38. The van der Waals surface area contributed by atoms with E-state index in [-0.39, 0.29) is 49.0 Å². The van der Waals surface area contributed by atoms with E-state index in [4.69, 9.17) is 9.47 Å². The third kappa shape index (κ3) is 8.60. The molecular formula is C30H46N2O7. The Morgan fingerprint density at radius 1 is 1.13 bits per heavy atom. The highest BCUT2D eigenvalue weighted by Crippen LogP contribution is 2.30. The van der Waals surface area contributed by atoms with Crippen molar-refractivity contribution in [3.05, 3.63) is 35.9 Å². The number of nitrogens with zero attached hydrogens (tertiary/aromatic N) is 2. The fraction of sp³-hybridized carbons (Fsp3) is 0.667. The zero-order chi connectivity index (χ0) is 29.1. The average molecular weight is 547 g/mol. The molecule has 7 atom stereocenters. The van der Waals surface area contributed by atoms with Gasteiger partial charge >= 0.3 is 5.97 Å². The van der Waals surface area contributed by atoms with Gasteiger partial charge in [-0.1, -0.05) is 57.5 Å². The summed E-state index contributed by atoms with van der Waals surface area (Å²) in [5.41, 5.74) is 0.866. The van der Waals surface area contributed by atoms with E-state index >= 15 is 0 Å². The predicted octanol–water partition coefficient (Wildman–Crippen LogP) is 3.44. The van der Waals surface area contributed by atoms with Crippen molar-refractivity contribution in [2.24, 2.45) is 17.8 Å². The Bertz CT molecular complexity index is 940. The van der Waals surface area contributed by atoms with Crippen LogP contribution in [0.1, 0.15) is 58.4 Å². The number of Topliss-reactive ketones (excluding diaryl/α,β-unsaturated/α-hetero) is 1. The molecule has 0 radical (unpaired) electrons. The second kappa shape index (κ2) is 15.7. The van der Waals surface area contributed by atoms with E-state index < -0.39 is 30.0 Å². The van der Waals surface area contributed by atoms with Gasteiger partial charge in [0.05, 0.1) is 36.6 Å². The molecule has 0 spiro atoms. The van der Waals surface area contributed by atoms with Gasteiger partial charge < -0.3 is 24.4 Å². The van der Waals surface area contributed by atoms with Crippen LogP contribution in [0.5, 0.6) is 0 Å². The number of hydrogen-bond donors (Lipinski definition) is 1. The molecule has 1 saturated heterocycles. The largest absolute Gasteiger partial charge is 0.481 e. The van der Waals surface area contributed by atoms with E-state index in [2.05, 4.69) is 0 Å². The van der Waals surface area contributed by atoms with Crippen LogP contribution in [0.2, 0.25) is 0 Å². The summed E-state index contributed by atoms with van der Waals surface area (Å²) in [4.78, 5) is 53.7. The van der Waals surface area contributed by atoms with E-state index in [9.17, 15) is 24.3 Å². The van der Waals surface area contributed by atoms with Crippen molar-refractivity contribution in [1.29, 1.82) is 0 Å². The molecule has 1 N–H and O–H groups in total. The first kappa shape index (κ1) is 32.4. The number of methoxy groups -OCH3 is 2. The minimum absolute atomic E-state index is 0.105. The summed E-state index contributed by atoms with van der Waals surface area (Å²) in [6.07, 6.45) is 2.31. The third-order valence-electron chi connectivity index (χ3n) is 8.32. The van der Waals surface area contributed by atoms with E-state index in [1.54, 1.807) is 30.9 Å². The van der Waals surface area contributed by atoms with Gasteiger partial charge in [0.2, 0.25) is 12.3 Å². The molecule has 1 aromatic rings. The summed E-state index contributed by atoms with van der Waals surface area (Å²) < 4.78 is 11.5. The Kier molecular flexibility index (Phi) is 13.1. The molecule has 2 amide bonds. The minimum atomic E-state index is -1.01. The Morgan fingerprint density at radius 3 is 2.33 bits per heavy atom. The molecule has 1 aliphatic rings. The van der Waals surface area contributed by atoms with Crippen LogP contribution in [-0.4, -0.2) is 91.1 Å². The van der Waals surface area contributed by atoms with Crippen LogP contribution in [0, 0.1) is 17.8 Å². The lowest BCUT2D eigenvalue weighted by atomic mass is 9.85. The number of rotatable bonds is 17. The zero-order valence-corrected chi connectivity index (χ0v) is 24.2. The number of ether oxygens (including phenoxy) is 2. The van der Waals surface area contributed by atoms with E-state index in [0.29, 0.717) is 13.0 Å². The van der Waals surface area contributed by atoms with Gasteiger partial charge in [0.25, 0.3) is 0 Å². The summed E-state index contributed by atoms with van der Waals surface area (Å²) in [5, 5.41) is 9.78. The number of benzene rings is 1. The fourth-order valence-corrected chi connectivity index (χ4v) is 5.87. The summed E-state index contributed by atoms with van der Waals surface area (Å²) in [6, 6.07) is 8.72. The van der Waals surface area contributed by atoms with Crippen molar-refractivity contribution in [1.82, 2.24) is 9.80 Å². The maximum Gasteiger partial charge on any atom is 0.307 e. The predicted molar refractivity (Wildman–Crippen MR) is 148 cm³/mol. The van der Waals surface area contributed by atoms with Gasteiger partial charge in [0, 0.05) is 40.2 Å². The van der Waals surface area contributed by atoms with Gasteiger partial charge in [-0.15, -0.1) is 0 Å². The van der Waals surface area contributed by atoms with Crippen LogP contribution in [-0.2, 0) is 35.1 Å². The van der Waals surface area contributed by atoms with Gasteiger partial charge in [-0.05, 0) is 30.7 Å².